The van der Waals surface area contributed by atoms with Crippen LogP contribution in [0.3, 0.4) is 0 Å². The highest BCUT2D eigenvalue weighted by Crippen LogP contribution is 2.24. The summed E-state index contributed by atoms with van der Waals surface area (Å²) in [7, 11) is 0. The summed E-state index contributed by atoms with van der Waals surface area (Å²) < 4.78 is 1.72. The molecular weight excluding hydrogens is 328 g/mol. The number of hydrogen-bond acceptors (Lipinski definition) is 3. The van der Waals surface area contributed by atoms with Gasteiger partial charge in [-0.2, -0.15) is 0 Å². The summed E-state index contributed by atoms with van der Waals surface area (Å²) in [5.41, 5.74) is 1.62. The van der Waals surface area contributed by atoms with Crippen molar-refractivity contribution >= 4 is 34.3 Å². The molecule has 0 N–H and O–H groups in total. The van der Waals surface area contributed by atoms with Crippen LogP contribution in [-0.2, 0) is 6.54 Å². The van der Waals surface area contributed by atoms with E-state index in [1.54, 1.807) is 16.3 Å². The first-order chi connectivity index (χ1) is 11.1. The maximum atomic E-state index is 12.9. The highest BCUT2D eigenvalue weighted by molar-refractivity contribution is 7.99. The van der Waals surface area contributed by atoms with E-state index in [0.29, 0.717) is 22.2 Å². The Hall–Kier alpha value is -1.78. The summed E-state index contributed by atoms with van der Waals surface area (Å²) in [6, 6.07) is 15.0. The lowest BCUT2D eigenvalue weighted by Crippen LogP contribution is -2.24. The Morgan fingerprint density at radius 2 is 1.83 bits per heavy atom. The monoisotopic (exact) mass is 344 g/mol. The smallest absolute Gasteiger partial charge is 0.262 e. The fraction of sp³-hybridized carbons (Fsp3) is 0.222. The Kier molecular flexibility index (Phi) is 4.74. The highest BCUT2D eigenvalue weighted by atomic mass is 35.5. The summed E-state index contributed by atoms with van der Waals surface area (Å²) in [4.78, 5) is 17.6. The van der Waals surface area contributed by atoms with E-state index in [-0.39, 0.29) is 5.56 Å². The average Bonchev–Trinajstić information content (AvgIpc) is 2.52. The number of halogens is 1. The van der Waals surface area contributed by atoms with E-state index >= 15 is 0 Å². The number of thioether (sulfide) groups is 1. The molecule has 3 rings (SSSR count). The summed E-state index contributed by atoms with van der Waals surface area (Å²) in [5, 5.41) is 2.35. The minimum atomic E-state index is -0.0290. The van der Waals surface area contributed by atoms with Crippen molar-refractivity contribution in [3.63, 3.8) is 0 Å². The predicted molar refractivity (Wildman–Crippen MR) is 97.6 cm³/mol. The third kappa shape index (κ3) is 3.43. The van der Waals surface area contributed by atoms with Gasteiger partial charge in [0.15, 0.2) is 5.16 Å². The van der Waals surface area contributed by atoms with Gasteiger partial charge in [-0.15, -0.1) is 0 Å². The molecule has 1 aromatic heterocycles. The molecule has 23 heavy (non-hydrogen) atoms. The Labute approximate surface area is 144 Å². The van der Waals surface area contributed by atoms with E-state index in [1.807, 2.05) is 48.5 Å². The van der Waals surface area contributed by atoms with Gasteiger partial charge < -0.3 is 0 Å². The Balaban J connectivity index is 2.18. The molecule has 3 aromatic rings. The van der Waals surface area contributed by atoms with Gasteiger partial charge in [-0.1, -0.05) is 67.5 Å². The van der Waals surface area contributed by atoms with Gasteiger partial charge in [0.05, 0.1) is 17.4 Å². The molecule has 0 aliphatic carbocycles. The second-order valence-electron chi connectivity index (χ2n) is 5.56. The van der Waals surface area contributed by atoms with Crippen LogP contribution in [0.25, 0.3) is 10.9 Å². The third-order valence-corrected chi connectivity index (χ3v) is 4.82. The molecule has 0 fully saturated rings. The van der Waals surface area contributed by atoms with E-state index in [0.717, 1.165) is 16.2 Å². The zero-order valence-corrected chi connectivity index (χ0v) is 14.6. The van der Waals surface area contributed by atoms with Gasteiger partial charge in [0.25, 0.3) is 5.56 Å². The molecule has 0 saturated heterocycles. The van der Waals surface area contributed by atoms with Gasteiger partial charge in [0.2, 0.25) is 0 Å². The molecule has 0 aliphatic heterocycles. The van der Waals surface area contributed by atoms with E-state index in [1.165, 1.54) is 0 Å². The topological polar surface area (TPSA) is 34.9 Å². The number of nitrogens with zero attached hydrogens (tertiary/aromatic N) is 2. The minimum absolute atomic E-state index is 0.0290. The second-order valence-corrected chi connectivity index (χ2v) is 7.51. The van der Waals surface area contributed by atoms with Crippen molar-refractivity contribution in [2.75, 3.05) is 0 Å². The average molecular weight is 345 g/mol. The summed E-state index contributed by atoms with van der Waals surface area (Å²) in [6.07, 6.45) is 0. The molecule has 5 heteroatoms. The van der Waals surface area contributed by atoms with Crippen LogP contribution in [0.5, 0.6) is 0 Å². The molecule has 3 nitrogen and oxygen atoms in total. The predicted octanol–water partition coefficient (Wildman–Crippen LogP) is 4.60. The van der Waals surface area contributed by atoms with Crippen molar-refractivity contribution in [3.8, 4) is 0 Å². The van der Waals surface area contributed by atoms with Crippen LogP contribution in [-0.4, -0.2) is 14.8 Å². The van der Waals surface area contributed by atoms with Crippen molar-refractivity contribution in [2.24, 2.45) is 0 Å². The maximum absolute atomic E-state index is 12.9. The lowest BCUT2D eigenvalue weighted by atomic mass is 10.2. The molecular formula is C18H17ClN2OS. The third-order valence-electron chi connectivity index (χ3n) is 3.45. The van der Waals surface area contributed by atoms with Gasteiger partial charge in [-0.25, -0.2) is 4.98 Å². The van der Waals surface area contributed by atoms with Gasteiger partial charge in [0.1, 0.15) is 0 Å². The van der Waals surface area contributed by atoms with E-state index < -0.39 is 0 Å². The summed E-state index contributed by atoms with van der Waals surface area (Å²) >= 11 is 7.85. The first-order valence-electron chi connectivity index (χ1n) is 7.46. The normalized spacial score (nSPS) is 11.3. The maximum Gasteiger partial charge on any atom is 0.262 e. The fourth-order valence-electron chi connectivity index (χ4n) is 2.38. The van der Waals surface area contributed by atoms with Crippen molar-refractivity contribution in [1.82, 2.24) is 9.55 Å². The molecule has 118 valence electrons. The zero-order valence-electron chi connectivity index (χ0n) is 13.0. The number of hydrogen-bond donors (Lipinski definition) is 0. The van der Waals surface area contributed by atoms with E-state index in [2.05, 4.69) is 18.8 Å². The molecule has 0 bridgehead atoms. The van der Waals surface area contributed by atoms with Crippen LogP contribution in [0.15, 0.2) is 58.5 Å². The van der Waals surface area contributed by atoms with E-state index in [4.69, 9.17) is 11.6 Å². The van der Waals surface area contributed by atoms with Gasteiger partial charge in [-0.3, -0.25) is 9.36 Å². The summed E-state index contributed by atoms with van der Waals surface area (Å²) in [5.74, 6) is 0. The lowest BCUT2D eigenvalue weighted by molar-refractivity contribution is 0.657. The molecule has 0 aliphatic rings. The minimum Gasteiger partial charge on any atom is -0.283 e. The fourth-order valence-corrected chi connectivity index (χ4v) is 3.43. The number of benzene rings is 2. The molecule has 2 aromatic carbocycles. The van der Waals surface area contributed by atoms with Crippen LogP contribution in [0.4, 0.5) is 0 Å². The van der Waals surface area contributed by atoms with Gasteiger partial charge in [0, 0.05) is 10.3 Å². The highest BCUT2D eigenvalue weighted by Gasteiger charge is 2.14. The standard InChI is InChI=1S/C18H17ClN2OS/c1-12(2)23-18-20-16-10-6-4-8-14(16)17(22)21(18)11-13-7-3-5-9-15(13)19/h3-10,12H,11H2,1-2H3. The van der Waals surface area contributed by atoms with E-state index in [9.17, 15) is 4.79 Å². The zero-order chi connectivity index (χ0) is 16.4. The SMILES string of the molecule is CC(C)Sc1nc2ccccc2c(=O)n1Cc1ccccc1Cl. The Morgan fingerprint density at radius 1 is 1.13 bits per heavy atom. The number of para-hydroxylation sites is 1. The number of aromatic nitrogens is 2. The van der Waals surface area contributed by atoms with Crippen LogP contribution < -0.4 is 5.56 Å². The number of rotatable bonds is 4. The van der Waals surface area contributed by atoms with Crippen molar-refractivity contribution in [3.05, 3.63) is 69.5 Å². The largest absolute Gasteiger partial charge is 0.283 e. The quantitative estimate of drug-likeness (QED) is 0.512. The van der Waals surface area contributed by atoms with Crippen molar-refractivity contribution < 1.29 is 0 Å². The second kappa shape index (κ2) is 6.77. The van der Waals surface area contributed by atoms with Gasteiger partial charge in [-0.05, 0) is 23.8 Å². The lowest BCUT2D eigenvalue weighted by Gasteiger charge is -2.15. The molecule has 1 heterocycles. The van der Waals surface area contributed by atoms with Crippen LogP contribution in [0, 0.1) is 0 Å². The van der Waals surface area contributed by atoms with Crippen LogP contribution >= 0.6 is 23.4 Å². The molecule has 0 spiro atoms. The molecule has 0 unspecified atom stereocenters. The van der Waals surface area contributed by atoms with Crippen LogP contribution in [0.1, 0.15) is 19.4 Å². The first kappa shape index (κ1) is 16.1. The van der Waals surface area contributed by atoms with Crippen LogP contribution in [0.2, 0.25) is 5.02 Å². The van der Waals surface area contributed by atoms with Crippen molar-refractivity contribution in [2.45, 2.75) is 30.8 Å². The molecule has 0 atom stereocenters. The summed E-state index contributed by atoms with van der Waals surface area (Å²) in [6.45, 7) is 4.60. The Bertz CT molecular complexity index is 905. The first-order valence-corrected chi connectivity index (χ1v) is 8.71. The number of fused-ring (bicyclic) bond motifs is 1. The van der Waals surface area contributed by atoms with Crippen molar-refractivity contribution in [1.29, 1.82) is 0 Å². The molecule has 0 amide bonds. The molecule has 0 saturated carbocycles. The Morgan fingerprint density at radius 3 is 2.57 bits per heavy atom. The van der Waals surface area contributed by atoms with Gasteiger partial charge >= 0.3 is 0 Å². The molecule has 0 radical (unpaired) electrons.